The molecule has 121 valence electrons. The van der Waals surface area contributed by atoms with Crippen LogP contribution in [0.15, 0.2) is 25.3 Å². The summed E-state index contributed by atoms with van der Waals surface area (Å²) in [6.45, 7) is 16.3. The Bertz CT molecular complexity index is 349. The molecule has 1 heterocycles. The molecule has 0 aromatic heterocycles. The van der Waals surface area contributed by atoms with Crippen LogP contribution in [0.1, 0.15) is 53.4 Å². The number of ether oxygens (including phenoxy) is 2. The van der Waals surface area contributed by atoms with Gasteiger partial charge in [0, 0.05) is 18.4 Å². The van der Waals surface area contributed by atoms with Gasteiger partial charge in [0.25, 0.3) is 0 Å². The van der Waals surface area contributed by atoms with E-state index >= 15 is 0 Å². The fourth-order valence-corrected chi connectivity index (χ4v) is 3.46. The van der Waals surface area contributed by atoms with Gasteiger partial charge in [-0.1, -0.05) is 26.0 Å². The van der Waals surface area contributed by atoms with Gasteiger partial charge in [-0.05, 0) is 26.7 Å². The molecule has 1 aliphatic heterocycles. The lowest BCUT2D eigenvalue weighted by atomic mass is 9.73. The maximum atomic E-state index is 12.8. The fraction of sp³-hybridized carbons (Fsp3) is 0.765. The molecular weight excluding hydrogens is 266 g/mol. The molecule has 4 heteroatoms. The van der Waals surface area contributed by atoms with Crippen molar-refractivity contribution in [3.8, 4) is 0 Å². The Hall–Kier alpha value is -0.680. The first-order chi connectivity index (χ1) is 9.81. The van der Waals surface area contributed by atoms with Crippen LogP contribution in [0.5, 0.6) is 0 Å². The Balaban J connectivity index is 3.16. The highest BCUT2D eigenvalue weighted by molar-refractivity contribution is 5.04. The van der Waals surface area contributed by atoms with Crippen LogP contribution in [0.25, 0.3) is 0 Å². The number of hydroxylamine groups is 2. The van der Waals surface area contributed by atoms with Crippen LogP contribution in [0.2, 0.25) is 0 Å². The molecule has 1 fully saturated rings. The molecular formula is C17H30NO3. The summed E-state index contributed by atoms with van der Waals surface area (Å²) in [4.78, 5) is 0. The van der Waals surface area contributed by atoms with E-state index in [0.717, 1.165) is 12.8 Å². The average Bonchev–Trinajstić information content (AvgIpc) is 2.47. The van der Waals surface area contributed by atoms with E-state index in [2.05, 4.69) is 27.0 Å². The molecule has 0 aliphatic carbocycles. The Morgan fingerprint density at radius 3 is 1.90 bits per heavy atom. The van der Waals surface area contributed by atoms with Crippen molar-refractivity contribution in [2.75, 3.05) is 13.2 Å². The molecule has 1 saturated heterocycles. The lowest BCUT2D eigenvalue weighted by Gasteiger charge is -2.56. The predicted molar refractivity (Wildman–Crippen MR) is 84.2 cm³/mol. The summed E-state index contributed by atoms with van der Waals surface area (Å²) in [6, 6.07) is 0. The van der Waals surface area contributed by atoms with Crippen LogP contribution < -0.4 is 0 Å². The Kier molecular flexibility index (Phi) is 6.17. The third-order valence-electron chi connectivity index (χ3n) is 4.53. The molecule has 0 aromatic carbocycles. The summed E-state index contributed by atoms with van der Waals surface area (Å²) >= 11 is 0. The van der Waals surface area contributed by atoms with Gasteiger partial charge in [-0.2, -0.15) is 0 Å². The molecule has 0 spiro atoms. The smallest absolute Gasteiger partial charge is 0.172 e. The molecule has 1 radical (unpaired) electrons. The summed E-state index contributed by atoms with van der Waals surface area (Å²) in [5.74, 6) is -0.751. The first-order valence-electron chi connectivity index (χ1n) is 7.78. The topological polar surface area (TPSA) is 41.6 Å². The molecule has 0 atom stereocenters. The summed E-state index contributed by atoms with van der Waals surface area (Å²) in [5.41, 5.74) is -0.989. The second kappa shape index (κ2) is 7.05. The SMILES string of the molecule is C=CCOC1(OCC=C)CC(C)(C)N([O])C(CC)(CC)C1. The maximum Gasteiger partial charge on any atom is 0.172 e. The zero-order chi connectivity index (χ0) is 16.1. The molecule has 1 aliphatic rings. The molecule has 0 amide bonds. The molecule has 0 N–H and O–H groups in total. The first-order valence-corrected chi connectivity index (χ1v) is 7.78. The first kappa shape index (κ1) is 18.4. The van der Waals surface area contributed by atoms with Gasteiger partial charge in [0.1, 0.15) is 0 Å². The predicted octanol–water partition coefficient (Wildman–Crippen LogP) is 3.87. The Morgan fingerprint density at radius 1 is 1.05 bits per heavy atom. The van der Waals surface area contributed by atoms with E-state index in [-0.39, 0.29) is 0 Å². The van der Waals surface area contributed by atoms with E-state index in [0.29, 0.717) is 26.1 Å². The number of piperidine rings is 1. The third-order valence-corrected chi connectivity index (χ3v) is 4.53. The number of hydrogen-bond donors (Lipinski definition) is 0. The van der Waals surface area contributed by atoms with Crippen molar-refractivity contribution >= 4 is 0 Å². The lowest BCUT2D eigenvalue weighted by molar-refractivity contribution is -0.366. The average molecular weight is 296 g/mol. The summed E-state index contributed by atoms with van der Waals surface area (Å²) < 4.78 is 12.0. The Labute approximate surface area is 129 Å². The number of nitrogens with zero attached hydrogens (tertiary/aromatic N) is 1. The van der Waals surface area contributed by atoms with Crippen molar-refractivity contribution in [3.63, 3.8) is 0 Å². The standard InChI is InChI=1S/C17H30NO3/c1-7-11-20-17(21-12-8-2)13-15(5,6)18(19)16(9-3,10-4)14-17/h7-8H,1-2,9-14H2,3-6H3. The molecule has 0 bridgehead atoms. The second-order valence-corrected chi connectivity index (χ2v) is 6.50. The van der Waals surface area contributed by atoms with E-state index in [9.17, 15) is 5.21 Å². The molecule has 4 nitrogen and oxygen atoms in total. The molecule has 21 heavy (non-hydrogen) atoms. The highest BCUT2D eigenvalue weighted by Gasteiger charge is 2.57. The van der Waals surface area contributed by atoms with Crippen LogP contribution in [0, 0.1) is 0 Å². The fourth-order valence-electron chi connectivity index (χ4n) is 3.46. The highest BCUT2D eigenvalue weighted by atomic mass is 16.7. The number of hydrogen-bond acceptors (Lipinski definition) is 3. The normalized spacial score (nSPS) is 23.7. The summed E-state index contributed by atoms with van der Waals surface area (Å²) in [7, 11) is 0. The zero-order valence-corrected chi connectivity index (χ0v) is 14.0. The minimum atomic E-state index is -0.751. The van der Waals surface area contributed by atoms with Crippen molar-refractivity contribution in [2.45, 2.75) is 70.2 Å². The van der Waals surface area contributed by atoms with Gasteiger partial charge in [0.15, 0.2) is 5.79 Å². The highest BCUT2D eigenvalue weighted by Crippen LogP contribution is 2.48. The van der Waals surface area contributed by atoms with Gasteiger partial charge in [0.05, 0.1) is 18.8 Å². The van der Waals surface area contributed by atoms with Gasteiger partial charge in [0.2, 0.25) is 0 Å². The zero-order valence-electron chi connectivity index (χ0n) is 14.0. The molecule has 1 rings (SSSR count). The monoisotopic (exact) mass is 296 g/mol. The third kappa shape index (κ3) is 3.75. The van der Waals surface area contributed by atoms with Crippen molar-refractivity contribution in [1.29, 1.82) is 0 Å². The van der Waals surface area contributed by atoms with E-state index in [1.54, 1.807) is 12.2 Å². The van der Waals surface area contributed by atoms with Crippen LogP contribution in [0.3, 0.4) is 0 Å². The van der Waals surface area contributed by atoms with Crippen molar-refractivity contribution in [2.24, 2.45) is 0 Å². The van der Waals surface area contributed by atoms with Crippen LogP contribution >= 0.6 is 0 Å². The van der Waals surface area contributed by atoms with Gasteiger partial charge >= 0.3 is 0 Å². The van der Waals surface area contributed by atoms with E-state index in [4.69, 9.17) is 9.47 Å². The Morgan fingerprint density at radius 2 is 1.52 bits per heavy atom. The van der Waals surface area contributed by atoms with Gasteiger partial charge < -0.3 is 9.47 Å². The van der Waals surface area contributed by atoms with Crippen LogP contribution in [-0.4, -0.2) is 35.1 Å². The molecule has 0 unspecified atom stereocenters. The van der Waals surface area contributed by atoms with E-state index < -0.39 is 16.9 Å². The van der Waals surface area contributed by atoms with Gasteiger partial charge in [-0.3, -0.25) is 0 Å². The molecule has 0 aromatic rings. The minimum Gasteiger partial charge on any atom is -0.346 e. The van der Waals surface area contributed by atoms with Gasteiger partial charge in [-0.25, -0.2) is 0 Å². The van der Waals surface area contributed by atoms with Crippen LogP contribution in [0.4, 0.5) is 0 Å². The quantitative estimate of drug-likeness (QED) is 0.504. The number of rotatable bonds is 8. The summed E-state index contributed by atoms with van der Waals surface area (Å²) in [6.07, 6.45) is 6.08. The van der Waals surface area contributed by atoms with E-state index in [1.807, 2.05) is 13.8 Å². The van der Waals surface area contributed by atoms with Crippen molar-refractivity contribution < 1.29 is 14.7 Å². The largest absolute Gasteiger partial charge is 0.346 e. The van der Waals surface area contributed by atoms with Crippen molar-refractivity contribution in [1.82, 2.24) is 5.06 Å². The second-order valence-electron chi connectivity index (χ2n) is 6.50. The van der Waals surface area contributed by atoms with Crippen LogP contribution in [-0.2, 0) is 14.7 Å². The molecule has 0 saturated carbocycles. The van der Waals surface area contributed by atoms with Crippen molar-refractivity contribution in [3.05, 3.63) is 25.3 Å². The van der Waals surface area contributed by atoms with Gasteiger partial charge in [-0.15, -0.1) is 23.4 Å². The lowest BCUT2D eigenvalue weighted by Crippen LogP contribution is -2.66. The summed E-state index contributed by atoms with van der Waals surface area (Å²) in [5, 5.41) is 14.1. The maximum absolute atomic E-state index is 12.8. The minimum absolute atomic E-state index is 0.412. The van der Waals surface area contributed by atoms with E-state index in [1.165, 1.54) is 5.06 Å².